The molecule has 18 heavy (non-hydrogen) atoms. The van der Waals surface area contributed by atoms with Gasteiger partial charge in [-0.15, -0.1) is 11.8 Å². The quantitative estimate of drug-likeness (QED) is 0.570. The SMILES string of the molecule is COCCNCc1cc(Cl)ccc1SC(C)CO. The second-order valence-electron chi connectivity index (χ2n) is 4.03. The van der Waals surface area contributed by atoms with Crippen molar-refractivity contribution < 1.29 is 9.84 Å². The zero-order chi connectivity index (χ0) is 13.4. The first-order valence-corrected chi connectivity index (χ1v) is 7.18. The molecular formula is C13H20ClNO2S. The topological polar surface area (TPSA) is 41.5 Å². The lowest BCUT2D eigenvalue weighted by molar-refractivity contribution is 0.199. The largest absolute Gasteiger partial charge is 0.395 e. The number of hydrogen-bond acceptors (Lipinski definition) is 4. The second kappa shape index (κ2) is 8.77. The number of methoxy groups -OCH3 is 1. The minimum absolute atomic E-state index is 0.170. The molecule has 0 amide bonds. The molecule has 0 aliphatic carbocycles. The number of aliphatic hydroxyl groups excluding tert-OH is 1. The number of hydrogen-bond donors (Lipinski definition) is 2. The lowest BCUT2D eigenvalue weighted by atomic mass is 10.2. The summed E-state index contributed by atoms with van der Waals surface area (Å²) in [5, 5.41) is 13.3. The molecule has 0 bridgehead atoms. The summed E-state index contributed by atoms with van der Waals surface area (Å²) >= 11 is 7.68. The number of halogens is 1. The van der Waals surface area contributed by atoms with E-state index in [1.165, 1.54) is 0 Å². The average molecular weight is 290 g/mol. The number of aliphatic hydroxyl groups is 1. The summed E-state index contributed by atoms with van der Waals surface area (Å²) in [5.41, 5.74) is 1.16. The summed E-state index contributed by atoms with van der Waals surface area (Å²) in [6, 6.07) is 5.85. The van der Waals surface area contributed by atoms with Crippen LogP contribution in [0.4, 0.5) is 0 Å². The summed E-state index contributed by atoms with van der Waals surface area (Å²) in [7, 11) is 1.69. The van der Waals surface area contributed by atoms with Crippen LogP contribution < -0.4 is 5.32 Å². The Kier molecular flexibility index (Phi) is 7.70. The van der Waals surface area contributed by atoms with Crippen molar-refractivity contribution in [2.24, 2.45) is 0 Å². The van der Waals surface area contributed by atoms with Gasteiger partial charge in [0.15, 0.2) is 0 Å². The highest BCUT2D eigenvalue weighted by atomic mass is 35.5. The van der Waals surface area contributed by atoms with E-state index in [2.05, 4.69) is 5.32 Å². The molecule has 5 heteroatoms. The predicted octanol–water partition coefficient (Wildman–Crippen LogP) is 2.55. The Bertz CT molecular complexity index is 363. The van der Waals surface area contributed by atoms with Crippen LogP contribution in [0.1, 0.15) is 12.5 Å². The molecule has 1 aromatic carbocycles. The molecule has 1 rings (SSSR count). The van der Waals surface area contributed by atoms with E-state index in [0.717, 1.165) is 28.6 Å². The number of benzene rings is 1. The van der Waals surface area contributed by atoms with E-state index < -0.39 is 0 Å². The van der Waals surface area contributed by atoms with Crippen LogP contribution in [-0.4, -0.2) is 37.2 Å². The molecule has 0 heterocycles. The highest BCUT2D eigenvalue weighted by molar-refractivity contribution is 8.00. The predicted molar refractivity (Wildman–Crippen MR) is 77.4 cm³/mol. The maximum absolute atomic E-state index is 9.11. The van der Waals surface area contributed by atoms with Crippen LogP contribution in [0.25, 0.3) is 0 Å². The Hall–Kier alpha value is -0.260. The number of thioether (sulfide) groups is 1. The number of ether oxygens (including phenoxy) is 1. The van der Waals surface area contributed by atoms with Crippen LogP contribution >= 0.6 is 23.4 Å². The van der Waals surface area contributed by atoms with E-state index in [1.54, 1.807) is 18.9 Å². The van der Waals surface area contributed by atoms with Crippen LogP contribution in [0, 0.1) is 0 Å². The van der Waals surface area contributed by atoms with Crippen LogP contribution in [-0.2, 0) is 11.3 Å². The molecule has 0 radical (unpaired) electrons. The smallest absolute Gasteiger partial charge is 0.0587 e. The molecule has 0 fully saturated rings. The third-order valence-electron chi connectivity index (χ3n) is 2.41. The normalized spacial score (nSPS) is 12.7. The van der Waals surface area contributed by atoms with Crippen molar-refractivity contribution in [3.05, 3.63) is 28.8 Å². The van der Waals surface area contributed by atoms with Crippen LogP contribution in [0.3, 0.4) is 0 Å². The van der Waals surface area contributed by atoms with Crippen molar-refractivity contribution in [3.8, 4) is 0 Å². The molecule has 1 atom stereocenters. The van der Waals surface area contributed by atoms with Gasteiger partial charge >= 0.3 is 0 Å². The standard InChI is InChI=1S/C13H20ClNO2S/c1-10(9-16)18-13-4-3-12(14)7-11(13)8-15-5-6-17-2/h3-4,7,10,15-16H,5-6,8-9H2,1-2H3. The van der Waals surface area contributed by atoms with Crippen molar-refractivity contribution >= 4 is 23.4 Å². The average Bonchev–Trinajstić information content (AvgIpc) is 2.37. The molecular weight excluding hydrogens is 270 g/mol. The molecule has 3 nitrogen and oxygen atoms in total. The first kappa shape index (κ1) is 15.8. The van der Waals surface area contributed by atoms with Crippen molar-refractivity contribution in [3.63, 3.8) is 0 Å². The van der Waals surface area contributed by atoms with Crippen LogP contribution in [0.5, 0.6) is 0 Å². The molecule has 0 saturated heterocycles. The molecule has 0 aliphatic heterocycles. The van der Waals surface area contributed by atoms with Gasteiger partial charge in [-0.2, -0.15) is 0 Å². The van der Waals surface area contributed by atoms with Crippen molar-refractivity contribution in [2.75, 3.05) is 26.9 Å². The minimum atomic E-state index is 0.170. The molecule has 1 aromatic rings. The first-order chi connectivity index (χ1) is 8.67. The fraction of sp³-hybridized carbons (Fsp3) is 0.538. The van der Waals surface area contributed by atoms with E-state index in [9.17, 15) is 0 Å². The van der Waals surface area contributed by atoms with Gasteiger partial charge in [0, 0.05) is 35.4 Å². The highest BCUT2D eigenvalue weighted by Gasteiger charge is 2.08. The summed E-state index contributed by atoms with van der Waals surface area (Å²) in [4.78, 5) is 1.16. The monoisotopic (exact) mass is 289 g/mol. The van der Waals surface area contributed by atoms with Gasteiger partial charge in [-0.25, -0.2) is 0 Å². The molecule has 0 spiro atoms. The molecule has 0 aliphatic rings. The van der Waals surface area contributed by atoms with Crippen LogP contribution in [0.2, 0.25) is 5.02 Å². The maximum atomic E-state index is 9.11. The van der Waals surface area contributed by atoms with Gasteiger partial charge in [-0.3, -0.25) is 0 Å². The third kappa shape index (κ3) is 5.59. The van der Waals surface area contributed by atoms with E-state index in [1.807, 2.05) is 25.1 Å². The Balaban J connectivity index is 2.64. The molecule has 1 unspecified atom stereocenters. The van der Waals surface area contributed by atoms with Gasteiger partial charge in [0.05, 0.1) is 13.2 Å². The van der Waals surface area contributed by atoms with Crippen molar-refractivity contribution in [1.82, 2.24) is 5.32 Å². The summed E-state index contributed by atoms with van der Waals surface area (Å²) in [5.74, 6) is 0. The molecule has 102 valence electrons. The van der Waals surface area contributed by atoms with Gasteiger partial charge in [-0.1, -0.05) is 18.5 Å². The van der Waals surface area contributed by atoms with E-state index in [0.29, 0.717) is 6.61 Å². The Morgan fingerprint density at radius 3 is 2.94 bits per heavy atom. The minimum Gasteiger partial charge on any atom is -0.395 e. The van der Waals surface area contributed by atoms with Gasteiger partial charge in [0.1, 0.15) is 0 Å². The Labute approximate surface area is 118 Å². The van der Waals surface area contributed by atoms with Gasteiger partial charge < -0.3 is 15.2 Å². The van der Waals surface area contributed by atoms with Gasteiger partial charge in [0.2, 0.25) is 0 Å². The zero-order valence-electron chi connectivity index (χ0n) is 10.8. The summed E-state index contributed by atoms with van der Waals surface area (Å²) < 4.78 is 4.99. The third-order valence-corrected chi connectivity index (χ3v) is 3.84. The first-order valence-electron chi connectivity index (χ1n) is 5.93. The fourth-order valence-electron chi connectivity index (χ4n) is 1.45. The summed E-state index contributed by atoms with van der Waals surface area (Å²) in [6.45, 7) is 4.43. The van der Waals surface area contributed by atoms with E-state index >= 15 is 0 Å². The lowest BCUT2D eigenvalue weighted by Gasteiger charge is -2.13. The maximum Gasteiger partial charge on any atom is 0.0587 e. The number of rotatable bonds is 8. The van der Waals surface area contributed by atoms with E-state index in [4.69, 9.17) is 21.4 Å². The van der Waals surface area contributed by atoms with Gasteiger partial charge in [-0.05, 0) is 23.8 Å². The molecule has 0 saturated carbocycles. The molecule has 2 N–H and O–H groups in total. The Morgan fingerprint density at radius 1 is 1.50 bits per heavy atom. The van der Waals surface area contributed by atoms with Gasteiger partial charge in [0.25, 0.3) is 0 Å². The fourth-order valence-corrected chi connectivity index (χ4v) is 2.58. The second-order valence-corrected chi connectivity index (χ2v) is 5.95. The molecule has 0 aromatic heterocycles. The van der Waals surface area contributed by atoms with Crippen molar-refractivity contribution in [1.29, 1.82) is 0 Å². The van der Waals surface area contributed by atoms with Crippen molar-refractivity contribution in [2.45, 2.75) is 23.6 Å². The lowest BCUT2D eigenvalue weighted by Crippen LogP contribution is -2.19. The Morgan fingerprint density at radius 2 is 2.28 bits per heavy atom. The highest BCUT2D eigenvalue weighted by Crippen LogP contribution is 2.28. The van der Waals surface area contributed by atoms with Crippen LogP contribution in [0.15, 0.2) is 23.1 Å². The zero-order valence-corrected chi connectivity index (χ0v) is 12.4. The van der Waals surface area contributed by atoms with E-state index in [-0.39, 0.29) is 11.9 Å². The number of nitrogens with one attached hydrogen (secondary N) is 1. The summed E-state index contributed by atoms with van der Waals surface area (Å²) in [6.07, 6.45) is 0.